The summed E-state index contributed by atoms with van der Waals surface area (Å²) >= 11 is 0. The quantitative estimate of drug-likeness (QED) is 0.688. The minimum Gasteiger partial charge on any atom is -0.493 e. The van der Waals surface area contributed by atoms with Gasteiger partial charge in [0.05, 0.1) is 26.9 Å². The number of aromatic nitrogens is 2. The fourth-order valence-corrected chi connectivity index (χ4v) is 3.73. The van der Waals surface area contributed by atoms with Crippen molar-refractivity contribution in [1.29, 1.82) is 0 Å². The number of ether oxygens (including phenoxy) is 4. The Morgan fingerprint density at radius 1 is 1.24 bits per heavy atom. The van der Waals surface area contributed by atoms with E-state index < -0.39 is 6.61 Å². The molecule has 2 aliphatic heterocycles. The first-order valence-corrected chi connectivity index (χ1v) is 9.54. The number of methoxy groups -OCH3 is 1. The summed E-state index contributed by atoms with van der Waals surface area (Å²) in [5.74, 6) is 1.30. The Labute approximate surface area is 166 Å². The van der Waals surface area contributed by atoms with Crippen LogP contribution in [0.25, 0.3) is 11.4 Å². The van der Waals surface area contributed by atoms with Gasteiger partial charge in [-0.25, -0.2) is 0 Å². The molecule has 0 bridgehead atoms. The minimum absolute atomic E-state index is 0.0503. The van der Waals surface area contributed by atoms with Crippen molar-refractivity contribution in [2.24, 2.45) is 5.92 Å². The molecule has 0 saturated carbocycles. The summed E-state index contributed by atoms with van der Waals surface area (Å²) in [6.45, 7) is 0.682. The molecule has 158 valence electrons. The molecule has 3 heterocycles. The van der Waals surface area contributed by atoms with Gasteiger partial charge in [-0.1, -0.05) is 5.16 Å². The van der Waals surface area contributed by atoms with Crippen LogP contribution >= 0.6 is 0 Å². The molecule has 1 atom stereocenters. The van der Waals surface area contributed by atoms with Gasteiger partial charge in [0.15, 0.2) is 17.8 Å². The van der Waals surface area contributed by atoms with Crippen molar-refractivity contribution < 1.29 is 32.3 Å². The number of hydrogen-bond donors (Lipinski definition) is 0. The van der Waals surface area contributed by atoms with Gasteiger partial charge in [-0.05, 0) is 37.6 Å². The molecule has 0 spiro atoms. The van der Waals surface area contributed by atoms with Crippen LogP contribution in [0.4, 0.5) is 8.78 Å². The Kier molecular flexibility index (Phi) is 6.22. The number of halogens is 2. The van der Waals surface area contributed by atoms with E-state index >= 15 is 0 Å². The molecular weight excluding hydrogens is 388 g/mol. The van der Waals surface area contributed by atoms with E-state index in [1.807, 2.05) is 0 Å². The van der Waals surface area contributed by atoms with Crippen LogP contribution in [-0.4, -0.2) is 61.4 Å². The highest BCUT2D eigenvalue weighted by Crippen LogP contribution is 2.33. The summed E-state index contributed by atoms with van der Waals surface area (Å²) in [6.07, 6.45) is 2.00. The number of likely N-dealkylation sites (tertiary alicyclic amines) is 1. The lowest BCUT2D eigenvalue weighted by Crippen LogP contribution is -2.40. The number of piperidine rings is 1. The molecule has 4 rings (SSSR count). The van der Waals surface area contributed by atoms with Gasteiger partial charge >= 0.3 is 6.61 Å². The monoisotopic (exact) mass is 411 g/mol. The molecule has 2 fully saturated rings. The average Bonchev–Trinajstić information content (AvgIpc) is 3.40. The van der Waals surface area contributed by atoms with Crippen molar-refractivity contribution in [3.8, 4) is 22.9 Å². The first-order valence-electron chi connectivity index (χ1n) is 9.54. The third kappa shape index (κ3) is 4.82. The summed E-state index contributed by atoms with van der Waals surface area (Å²) in [5, 5.41) is 4.01. The standard InChI is InChI=1S/C19H23F2N3O5/c1-25-15-9-12(4-5-14(15)28-19(20)21)17-22-16(29-23-17)11-24-6-2-3-13(10-24)18-26-7-8-27-18/h4-5,9,13,18-19H,2-3,6-8,10-11H2,1H3. The third-order valence-corrected chi connectivity index (χ3v) is 5.04. The smallest absolute Gasteiger partial charge is 0.387 e. The summed E-state index contributed by atoms with van der Waals surface area (Å²) in [7, 11) is 1.38. The highest BCUT2D eigenvalue weighted by Gasteiger charge is 2.31. The number of nitrogens with zero attached hydrogens (tertiary/aromatic N) is 3. The zero-order chi connectivity index (χ0) is 20.2. The molecule has 0 aliphatic carbocycles. The van der Waals surface area contributed by atoms with E-state index in [9.17, 15) is 8.78 Å². The second-order valence-corrected chi connectivity index (χ2v) is 7.00. The second kappa shape index (κ2) is 9.02. The normalized spacial score (nSPS) is 21.0. The number of rotatable bonds is 7. The molecule has 2 saturated heterocycles. The van der Waals surface area contributed by atoms with Crippen molar-refractivity contribution in [1.82, 2.24) is 15.0 Å². The third-order valence-electron chi connectivity index (χ3n) is 5.04. The molecule has 1 unspecified atom stereocenters. The van der Waals surface area contributed by atoms with Gasteiger partial charge in [0, 0.05) is 18.0 Å². The van der Waals surface area contributed by atoms with Crippen molar-refractivity contribution >= 4 is 0 Å². The number of benzene rings is 1. The molecule has 2 aromatic rings. The Hall–Kier alpha value is -2.30. The zero-order valence-corrected chi connectivity index (χ0v) is 16.1. The van der Waals surface area contributed by atoms with E-state index in [1.165, 1.54) is 19.2 Å². The van der Waals surface area contributed by atoms with Gasteiger partial charge in [0.2, 0.25) is 11.7 Å². The molecule has 1 aromatic heterocycles. The topological polar surface area (TPSA) is 79.1 Å². The molecule has 0 amide bonds. The van der Waals surface area contributed by atoms with Crippen LogP contribution in [0.15, 0.2) is 22.7 Å². The van der Waals surface area contributed by atoms with Gasteiger partial charge in [-0.2, -0.15) is 13.8 Å². The van der Waals surface area contributed by atoms with Gasteiger partial charge in [-0.15, -0.1) is 0 Å². The van der Waals surface area contributed by atoms with Crippen molar-refractivity contribution in [3.63, 3.8) is 0 Å². The van der Waals surface area contributed by atoms with E-state index in [4.69, 9.17) is 18.7 Å². The van der Waals surface area contributed by atoms with Gasteiger partial charge < -0.3 is 23.5 Å². The average molecular weight is 411 g/mol. The Morgan fingerprint density at radius 2 is 2.07 bits per heavy atom. The van der Waals surface area contributed by atoms with Gasteiger partial charge in [-0.3, -0.25) is 4.90 Å². The predicted octanol–water partition coefficient (Wildman–Crippen LogP) is 2.93. The van der Waals surface area contributed by atoms with Crippen LogP contribution in [0, 0.1) is 5.92 Å². The first-order chi connectivity index (χ1) is 14.1. The Bertz CT molecular complexity index is 813. The summed E-state index contributed by atoms with van der Waals surface area (Å²) < 4.78 is 51.2. The van der Waals surface area contributed by atoms with Crippen LogP contribution in [0.2, 0.25) is 0 Å². The Morgan fingerprint density at radius 3 is 2.83 bits per heavy atom. The second-order valence-electron chi connectivity index (χ2n) is 7.00. The maximum atomic E-state index is 12.5. The van der Waals surface area contributed by atoms with Crippen LogP contribution < -0.4 is 9.47 Å². The van der Waals surface area contributed by atoms with Crippen molar-refractivity contribution in [3.05, 3.63) is 24.1 Å². The number of alkyl halides is 2. The molecule has 10 heteroatoms. The maximum Gasteiger partial charge on any atom is 0.387 e. The lowest BCUT2D eigenvalue weighted by molar-refractivity contribution is -0.101. The van der Waals surface area contributed by atoms with E-state index in [1.54, 1.807) is 6.07 Å². The molecule has 0 N–H and O–H groups in total. The maximum absolute atomic E-state index is 12.5. The fraction of sp³-hybridized carbons (Fsp3) is 0.579. The molecule has 0 radical (unpaired) electrons. The lowest BCUT2D eigenvalue weighted by atomic mass is 9.97. The lowest BCUT2D eigenvalue weighted by Gasteiger charge is -2.33. The van der Waals surface area contributed by atoms with Crippen LogP contribution in [0.5, 0.6) is 11.5 Å². The van der Waals surface area contributed by atoms with Crippen LogP contribution in [-0.2, 0) is 16.0 Å². The molecule has 1 aromatic carbocycles. The SMILES string of the molecule is COc1cc(-c2noc(CN3CCCC(C4OCCO4)C3)n2)ccc1OC(F)F. The summed E-state index contributed by atoms with van der Waals surface area (Å²) in [5.41, 5.74) is 0.586. The van der Waals surface area contributed by atoms with Crippen molar-refractivity contribution in [2.45, 2.75) is 32.3 Å². The van der Waals surface area contributed by atoms with E-state index in [0.29, 0.717) is 43.0 Å². The minimum atomic E-state index is -2.93. The van der Waals surface area contributed by atoms with Gasteiger partial charge in [0.25, 0.3) is 0 Å². The van der Waals surface area contributed by atoms with Crippen molar-refractivity contribution in [2.75, 3.05) is 33.4 Å². The van der Waals surface area contributed by atoms with Crippen LogP contribution in [0.3, 0.4) is 0 Å². The first kappa shape index (κ1) is 20.0. The molecule has 8 nitrogen and oxygen atoms in total. The number of hydrogen-bond acceptors (Lipinski definition) is 8. The summed E-state index contributed by atoms with van der Waals surface area (Å²) in [4.78, 5) is 6.68. The van der Waals surface area contributed by atoms with Crippen LogP contribution in [0.1, 0.15) is 18.7 Å². The predicted molar refractivity (Wildman–Crippen MR) is 96.6 cm³/mol. The van der Waals surface area contributed by atoms with E-state index in [-0.39, 0.29) is 17.8 Å². The molecule has 2 aliphatic rings. The zero-order valence-electron chi connectivity index (χ0n) is 16.1. The highest BCUT2D eigenvalue weighted by atomic mass is 19.3. The summed E-state index contributed by atoms with van der Waals surface area (Å²) in [6, 6.07) is 4.52. The molecule has 29 heavy (non-hydrogen) atoms. The molecular formula is C19H23F2N3O5. The highest BCUT2D eigenvalue weighted by molar-refractivity contribution is 5.60. The largest absolute Gasteiger partial charge is 0.493 e. The van der Waals surface area contributed by atoms with E-state index in [0.717, 1.165) is 25.9 Å². The van der Waals surface area contributed by atoms with Gasteiger partial charge in [0.1, 0.15) is 0 Å². The fourth-order valence-electron chi connectivity index (χ4n) is 3.73. The Balaban J connectivity index is 1.41. The van der Waals surface area contributed by atoms with E-state index in [2.05, 4.69) is 19.8 Å².